The minimum atomic E-state index is -0.337. The molecule has 0 fully saturated rings. The lowest BCUT2D eigenvalue weighted by atomic mass is 10.0. The van der Waals surface area contributed by atoms with E-state index in [9.17, 15) is 9.18 Å². The Kier molecular flexibility index (Phi) is 2.72. The molecule has 2 aromatic carbocycles. The summed E-state index contributed by atoms with van der Waals surface area (Å²) in [6.45, 7) is 0. The molecule has 3 rings (SSSR count). The Morgan fingerprint density at radius 3 is 2.85 bits per heavy atom. The molecule has 1 aromatic heterocycles. The van der Waals surface area contributed by atoms with Crippen LogP contribution in [0.15, 0.2) is 30.3 Å². The summed E-state index contributed by atoms with van der Waals surface area (Å²) in [6, 6.07) is 9.95. The molecule has 20 heavy (non-hydrogen) atoms. The topological polar surface area (TPSA) is 58.7 Å². The minimum absolute atomic E-state index is 0.215. The molecular formula is C15H10FN3O. The number of carbonyl (C=O) groups is 1. The van der Waals surface area contributed by atoms with E-state index in [1.807, 2.05) is 12.1 Å². The summed E-state index contributed by atoms with van der Waals surface area (Å²) in [6.07, 6.45) is -0.215. The molecule has 0 N–H and O–H groups in total. The lowest BCUT2D eigenvalue weighted by Gasteiger charge is -2.02. The van der Waals surface area contributed by atoms with Crippen molar-refractivity contribution in [3.63, 3.8) is 0 Å². The van der Waals surface area contributed by atoms with Gasteiger partial charge in [0.05, 0.1) is 11.6 Å². The first-order chi connectivity index (χ1) is 9.61. The molecule has 0 atom stereocenters. The van der Waals surface area contributed by atoms with Gasteiger partial charge < -0.3 is 0 Å². The quantitative estimate of drug-likeness (QED) is 0.671. The van der Waals surface area contributed by atoms with Crippen LogP contribution < -0.4 is 0 Å². The zero-order chi connectivity index (χ0) is 14.3. The number of aromatic nitrogens is 2. The van der Waals surface area contributed by atoms with Gasteiger partial charge in [0, 0.05) is 17.8 Å². The summed E-state index contributed by atoms with van der Waals surface area (Å²) in [5.74, 6) is -0.662. The van der Waals surface area contributed by atoms with Gasteiger partial charge in [-0.15, -0.1) is 0 Å². The minimum Gasteiger partial charge on any atom is -0.291 e. The zero-order valence-electron chi connectivity index (χ0n) is 10.7. The van der Waals surface area contributed by atoms with Gasteiger partial charge in [0.2, 0.25) is 0 Å². The van der Waals surface area contributed by atoms with Gasteiger partial charge in [0.15, 0.2) is 5.78 Å². The Labute approximate surface area is 114 Å². The Morgan fingerprint density at radius 1 is 1.35 bits per heavy atom. The summed E-state index contributed by atoms with van der Waals surface area (Å²) in [5.41, 5.74) is 0.957. The monoisotopic (exact) mass is 267 g/mol. The van der Waals surface area contributed by atoms with E-state index in [2.05, 4.69) is 5.10 Å². The highest BCUT2D eigenvalue weighted by atomic mass is 19.1. The molecule has 98 valence electrons. The standard InChI is InChI=1S/C15H10FN3O/c1-19-15-11(14(18-19)13(20)6-7-17)5-3-9-2-4-10(16)8-12(9)15/h2-5,8H,6H2,1H3. The van der Waals surface area contributed by atoms with Crippen molar-refractivity contribution < 1.29 is 9.18 Å². The lowest BCUT2D eigenvalue weighted by Crippen LogP contribution is -2.00. The second-order valence-corrected chi connectivity index (χ2v) is 4.56. The number of hydrogen-bond acceptors (Lipinski definition) is 3. The number of rotatable bonds is 2. The van der Waals surface area contributed by atoms with E-state index in [1.165, 1.54) is 12.1 Å². The molecule has 4 nitrogen and oxygen atoms in total. The SMILES string of the molecule is Cn1nc(C(=O)CC#N)c2ccc3ccc(F)cc3c21. The van der Waals surface area contributed by atoms with Crippen LogP contribution in [0.4, 0.5) is 4.39 Å². The number of hydrogen-bond donors (Lipinski definition) is 0. The van der Waals surface area contributed by atoms with Crippen LogP contribution >= 0.6 is 0 Å². The maximum Gasteiger partial charge on any atom is 0.197 e. The van der Waals surface area contributed by atoms with Crippen molar-refractivity contribution in [3.8, 4) is 6.07 Å². The van der Waals surface area contributed by atoms with Gasteiger partial charge in [-0.3, -0.25) is 9.48 Å². The number of ketones is 1. The maximum absolute atomic E-state index is 13.4. The van der Waals surface area contributed by atoms with E-state index >= 15 is 0 Å². The van der Waals surface area contributed by atoms with Crippen LogP contribution in [0.25, 0.3) is 21.7 Å². The van der Waals surface area contributed by atoms with Gasteiger partial charge in [-0.1, -0.05) is 12.1 Å². The number of fused-ring (bicyclic) bond motifs is 3. The van der Waals surface area contributed by atoms with Crippen LogP contribution in [0.5, 0.6) is 0 Å². The number of halogens is 1. The molecule has 0 saturated heterocycles. The lowest BCUT2D eigenvalue weighted by molar-refractivity contribution is 0.0994. The van der Waals surface area contributed by atoms with Crippen molar-refractivity contribution in [1.29, 1.82) is 5.26 Å². The van der Waals surface area contributed by atoms with Crippen molar-refractivity contribution in [2.45, 2.75) is 6.42 Å². The molecule has 0 saturated carbocycles. The first-order valence-corrected chi connectivity index (χ1v) is 6.07. The molecule has 0 aliphatic rings. The molecule has 3 aromatic rings. The van der Waals surface area contributed by atoms with Gasteiger partial charge in [0.1, 0.15) is 17.9 Å². The van der Waals surface area contributed by atoms with Crippen LogP contribution in [0.3, 0.4) is 0 Å². The number of nitriles is 1. The predicted octanol–water partition coefficient (Wildman–Crippen LogP) is 2.96. The van der Waals surface area contributed by atoms with Gasteiger partial charge in [-0.2, -0.15) is 10.4 Å². The predicted molar refractivity (Wildman–Crippen MR) is 72.7 cm³/mol. The Bertz CT molecular complexity index is 889. The molecule has 0 unspecified atom stereocenters. The van der Waals surface area contributed by atoms with Crippen LogP contribution in [0.1, 0.15) is 16.9 Å². The van der Waals surface area contributed by atoms with Crippen molar-refractivity contribution >= 4 is 27.5 Å². The van der Waals surface area contributed by atoms with Gasteiger partial charge in [0.25, 0.3) is 0 Å². The van der Waals surface area contributed by atoms with Crippen molar-refractivity contribution in [2.24, 2.45) is 7.05 Å². The van der Waals surface area contributed by atoms with E-state index in [0.29, 0.717) is 16.3 Å². The average molecular weight is 267 g/mol. The summed E-state index contributed by atoms with van der Waals surface area (Å²) < 4.78 is 15.0. The first kappa shape index (κ1) is 12.3. The van der Waals surface area contributed by atoms with Crippen LogP contribution in [-0.4, -0.2) is 15.6 Å². The molecular weight excluding hydrogens is 257 g/mol. The average Bonchev–Trinajstić information content (AvgIpc) is 2.77. The first-order valence-electron chi connectivity index (χ1n) is 6.07. The zero-order valence-corrected chi connectivity index (χ0v) is 10.7. The molecule has 0 bridgehead atoms. The summed E-state index contributed by atoms with van der Waals surface area (Å²) in [4.78, 5) is 11.9. The number of aryl methyl sites for hydroxylation is 1. The van der Waals surface area contributed by atoms with Crippen molar-refractivity contribution in [2.75, 3.05) is 0 Å². The van der Waals surface area contributed by atoms with Gasteiger partial charge in [-0.05, 0) is 23.6 Å². The Morgan fingerprint density at radius 2 is 2.10 bits per heavy atom. The van der Waals surface area contributed by atoms with Crippen LogP contribution in [0.2, 0.25) is 0 Å². The third kappa shape index (κ3) is 1.74. The highest BCUT2D eigenvalue weighted by Gasteiger charge is 2.17. The number of carbonyl (C=O) groups excluding carboxylic acids is 1. The van der Waals surface area contributed by atoms with E-state index < -0.39 is 0 Å². The molecule has 1 heterocycles. The molecule has 0 radical (unpaired) electrons. The number of Topliss-reactive ketones (excluding diaryl/α,β-unsaturated/α-hetero) is 1. The largest absolute Gasteiger partial charge is 0.291 e. The molecule has 0 aliphatic heterocycles. The Balaban J connectivity index is 2.39. The summed E-state index contributed by atoms with van der Waals surface area (Å²) in [5, 5.41) is 15.0. The van der Waals surface area contributed by atoms with Crippen LogP contribution in [-0.2, 0) is 7.05 Å². The van der Waals surface area contributed by atoms with Gasteiger partial charge in [-0.25, -0.2) is 4.39 Å². The molecule has 0 aliphatic carbocycles. The Hall–Kier alpha value is -2.74. The second kappa shape index (κ2) is 4.42. The molecule has 0 amide bonds. The van der Waals surface area contributed by atoms with Crippen LogP contribution in [0, 0.1) is 17.1 Å². The normalized spacial score (nSPS) is 10.8. The van der Waals surface area contributed by atoms with E-state index in [1.54, 1.807) is 23.9 Å². The molecule has 5 heteroatoms. The van der Waals surface area contributed by atoms with Gasteiger partial charge >= 0.3 is 0 Å². The fourth-order valence-corrected chi connectivity index (χ4v) is 2.43. The van der Waals surface area contributed by atoms with Crippen molar-refractivity contribution in [3.05, 3.63) is 41.8 Å². The highest BCUT2D eigenvalue weighted by molar-refractivity contribution is 6.14. The number of benzene rings is 2. The molecule has 0 spiro atoms. The van der Waals surface area contributed by atoms with Crippen molar-refractivity contribution in [1.82, 2.24) is 9.78 Å². The van der Waals surface area contributed by atoms with E-state index in [-0.39, 0.29) is 23.7 Å². The van der Waals surface area contributed by atoms with E-state index in [0.717, 1.165) is 5.39 Å². The fraction of sp³-hybridized carbons (Fsp3) is 0.133. The van der Waals surface area contributed by atoms with E-state index in [4.69, 9.17) is 5.26 Å². The number of nitrogens with zero attached hydrogens (tertiary/aromatic N) is 3. The fourth-order valence-electron chi connectivity index (χ4n) is 2.43. The summed E-state index contributed by atoms with van der Waals surface area (Å²) >= 11 is 0. The smallest absolute Gasteiger partial charge is 0.197 e. The third-order valence-corrected chi connectivity index (χ3v) is 3.29. The maximum atomic E-state index is 13.4. The summed E-state index contributed by atoms with van der Waals surface area (Å²) in [7, 11) is 1.70. The second-order valence-electron chi connectivity index (χ2n) is 4.56. The third-order valence-electron chi connectivity index (χ3n) is 3.29. The highest BCUT2D eigenvalue weighted by Crippen LogP contribution is 2.28.